The molecule has 4 aromatic rings. The van der Waals surface area contributed by atoms with Crippen molar-refractivity contribution in [2.45, 2.75) is 11.4 Å². The van der Waals surface area contributed by atoms with E-state index in [-0.39, 0.29) is 17.4 Å². The van der Waals surface area contributed by atoms with Crippen LogP contribution in [0.2, 0.25) is 5.02 Å². The van der Waals surface area contributed by atoms with Crippen molar-refractivity contribution in [3.63, 3.8) is 0 Å². The molecule has 0 aliphatic carbocycles. The molecule has 0 aliphatic rings. The van der Waals surface area contributed by atoms with Crippen LogP contribution in [0.15, 0.2) is 61.7 Å². The molecule has 0 radical (unpaired) electrons. The fourth-order valence-corrected chi connectivity index (χ4v) is 3.90. The quantitative estimate of drug-likeness (QED) is 0.409. The zero-order valence-corrected chi connectivity index (χ0v) is 15.8. The van der Waals surface area contributed by atoms with E-state index in [4.69, 9.17) is 11.6 Å². The minimum Gasteiger partial charge on any atom is -0.350 e. The van der Waals surface area contributed by atoms with Crippen LogP contribution in [0, 0.1) is 0 Å². The Morgan fingerprint density at radius 3 is 2.67 bits per heavy atom. The van der Waals surface area contributed by atoms with Crippen molar-refractivity contribution in [3.05, 3.63) is 84.0 Å². The number of pyridine rings is 1. The van der Waals surface area contributed by atoms with Gasteiger partial charge in [-0.05, 0) is 36.1 Å². The fourth-order valence-electron chi connectivity index (χ4n) is 3.12. The molecule has 0 spiro atoms. The monoisotopic (exact) mass is 399 g/mol. The molecule has 4 rings (SSSR count). The number of halogens is 1. The average molecular weight is 400 g/mol. The molecule has 8 heteroatoms. The Labute approximate surface area is 161 Å². The lowest BCUT2D eigenvalue weighted by molar-refractivity contribution is 0.630. The molecular formula is C19H14ClN3O3S. The second kappa shape index (κ2) is 6.75. The minimum absolute atomic E-state index is 0.0471. The molecule has 0 aliphatic heterocycles. The van der Waals surface area contributed by atoms with Gasteiger partial charge in [0, 0.05) is 15.3 Å². The number of H-pyrrole nitrogens is 2. The van der Waals surface area contributed by atoms with E-state index in [9.17, 15) is 14.4 Å². The maximum absolute atomic E-state index is 13.0. The first-order valence-corrected chi connectivity index (χ1v) is 9.70. The molecule has 0 unspecified atom stereocenters. The largest absolute Gasteiger partial charge is 0.350 e. The summed E-state index contributed by atoms with van der Waals surface area (Å²) in [4.78, 5) is 42.2. The molecule has 27 heavy (non-hydrogen) atoms. The summed E-state index contributed by atoms with van der Waals surface area (Å²) in [6.07, 6.45) is 1.94. The van der Waals surface area contributed by atoms with E-state index in [1.54, 1.807) is 30.0 Å². The predicted molar refractivity (Wildman–Crippen MR) is 109 cm³/mol. The molecule has 136 valence electrons. The van der Waals surface area contributed by atoms with Crippen LogP contribution in [0.1, 0.15) is 5.56 Å². The minimum atomic E-state index is -0.543. The average Bonchev–Trinajstić information content (AvgIpc) is 2.66. The Kier molecular flexibility index (Phi) is 4.41. The highest BCUT2D eigenvalue weighted by atomic mass is 35.5. The van der Waals surface area contributed by atoms with Crippen LogP contribution in [0.5, 0.6) is 0 Å². The number of thioether (sulfide) groups is 1. The topological polar surface area (TPSA) is 87.7 Å². The van der Waals surface area contributed by atoms with Gasteiger partial charge in [0.2, 0.25) is 5.43 Å². The van der Waals surface area contributed by atoms with E-state index in [1.165, 1.54) is 4.68 Å². The Hall–Kier alpha value is -2.77. The van der Waals surface area contributed by atoms with E-state index in [0.29, 0.717) is 15.9 Å². The molecule has 0 atom stereocenters. The van der Waals surface area contributed by atoms with Crippen molar-refractivity contribution in [1.29, 1.82) is 0 Å². The van der Waals surface area contributed by atoms with Gasteiger partial charge in [-0.2, -0.15) is 0 Å². The maximum Gasteiger partial charge on any atom is 0.287 e. The summed E-state index contributed by atoms with van der Waals surface area (Å²) in [6, 6.07) is 12.3. The van der Waals surface area contributed by atoms with Gasteiger partial charge in [0.05, 0.1) is 12.1 Å². The maximum atomic E-state index is 13.0. The van der Waals surface area contributed by atoms with Crippen LogP contribution in [0.25, 0.3) is 21.8 Å². The van der Waals surface area contributed by atoms with E-state index in [2.05, 4.69) is 10.1 Å². The lowest BCUT2D eigenvalue weighted by atomic mass is 10.1. The van der Waals surface area contributed by atoms with Crippen molar-refractivity contribution >= 4 is 45.2 Å². The van der Waals surface area contributed by atoms with Crippen LogP contribution in [0.3, 0.4) is 0 Å². The van der Waals surface area contributed by atoms with Crippen molar-refractivity contribution in [2.75, 3.05) is 6.26 Å². The molecule has 2 aromatic carbocycles. The summed E-state index contributed by atoms with van der Waals surface area (Å²) in [5, 5.41) is 3.14. The highest BCUT2D eigenvalue weighted by Crippen LogP contribution is 2.20. The summed E-state index contributed by atoms with van der Waals surface area (Å²) in [5.74, 6) is 0. The Morgan fingerprint density at radius 1 is 1.11 bits per heavy atom. The van der Waals surface area contributed by atoms with E-state index in [0.717, 1.165) is 10.5 Å². The summed E-state index contributed by atoms with van der Waals surface area (Å²) < 4.78 is 1.18. The first kappa shape index (κ1) is 17.6. The highest BCUT2D eigenvalue weighted by molar-refractivity contribution is 7.98. The Bertz CT molecular complexity index is 1370. The first-order chi connectivity index (χ1) is 13.0. The number of aromatic amines is 2. The van der Waals surface area contributed by atoms with Crippen molar-refractivity contribution < 1.29 is 0 Å². The number of hydrogen-bond acceptors (Lipinski definition) is 4. The molecule has 0 saturated heterocycles. The van der Waals surface area contributed by atoms with Gasteiger partial charge in [-0.3, -0.25) is 19.5 Å². The number of fused-ring (bicyclic) bond motifs is 2. The summed E-state index contributed by atoms with van der Waals surface area (Å²) in [7, 11) is 0. The van der Waals surface area contributed by atoms with E-state index >= 15 is 0 Å². The second-order valence-electron chi connectivity index (χ2n) is 6.04. The number of rotatable bonds is 3. The Balaban J connectivity index is 2.01. The molecule has 0 fully saturated rings. The summed E-state index contributed by atoms with van der Waals surface area (Å²) in [5.41, 5.74) is -0.321. The van der Waals surface area contributed by atoms with Gasteiger partial charge in [-0.1, -0.05) is 29.8 Å². The van der Waals surface area contributed by atoms with Crippen LogP contribution in [0.4, 0.5) is 0 Å². The smallest absolute Gasteiger partial charge is 0.287 e. The second-order valence-corrected chi connectivity index (χ2v) is 7.32. The van der Waals surface area contributed by atoms with E-state index in [1.807, 2.05) is 30.5 Å². The van der Waals surface area contributed by atoms with Crippen molar-refractivity contribution in [2.24, 2.45) is 0 Å². The molecule has 6 nitrogen and oxygen atoms in total. The number of nitrogens with one attached hydrogen (secondary N) is 2. The van der Waals surface area contributed by atoms with Crippen LogP contribution in [-0.4, -0.2) is 21.0 Å². The van der Waals surface area contributed by atoms with Crippen LogP contribution in [-0.2, 0) is 6.54 Å². The predicted octanol–water partition coefficient (Wildman–Crippen LogP) is 2.95. The zero-order chi connectivity index (χ0) is 19.1. The third kappa shape index (κ3) is 2.98. The third-order valence-corrected chi connectivity index (χ3v) is 5.48. The van der Waals surface area contributed by atoms with Gasteiger partial charge in [-0.15, -0.1) is 11.8 Å². The fraction of sp³-hybridized carbons (Fsp3) is 0.105. The lowest BCUT2D eigenvalue weighted by Crippen LogP contribution is -2.34. The standard InChI is InChI=1S/C19H14ClN3O3S/c1-27-14-5-3-2-4-10(14)9-23-19(26)15-16(18(25)22-23)21-13-8-11(20)6-7-12(13)17(15)24/h2-8H,9H2,1H3,(H,21,24)(H,22,25). The third-order valence-electron chi connectivity index (χ3n) is 4.41. The van der Waals surface area contributed by atoms with Gasteiger partial charge in [0.1, 0.15) is 10.9 Å². The SMILES string of the molecule is CSc1ccccc1Cn1[nH]c(=O)c2[nH]c3cc(Cl)ccc3c(=O)c2c1=O. The molecule has 0 bridgehead atoms. The first-order valence-electron chi connectivity index (χ1n) is 8.10. The van der Waals surface area contributed by atoms with Crippen LogP contribution < -0.4 is 16.5 Å². The number of hydrogen-bond donors (Lipinski definition) is 2. The van der Waals surface area contributed by atoms with Gasteiger partial charge in [-0.25, -0.2) is 4.68 Å². The number of benzene rings is 2. The van der Waals surface area contributed by atoms with Gasteiger partial charge in [0.15, 0.2) is 0 Å². The van der Waals surface area contributed by atoms with Crippen molar-refractivity contribution in [3.8, 4) is 0 Å². The molecule has 0 saturated carbocycles. The van der Waals surface area contributed by atoms with Gasteiger partial charge in [0.25, 0.3) is 11.1 Å². The Morgan fingerprint density at radius 2 is 1.89 bits per heavy atom. The van der Waals surface area contributed by atoms with Gasteiger partial charge < -0.3 is 4.98 Å². The van der Waals surface area contributed by atoms with Crippen molar-refractivity contribution in [1.82, 2.24) is 14.8 Å². The zero-order valence-electron chi connectivity index (χ0n) is 14.2. The molecule has 2 N–H and O–H groups in total. The summed E-state index contributed by atoms with van der Waals surface area (Å²) >= 11 is 7.51. The lowest BCUT2D eigenvalue weighted by Gasteiger charge is -2.10. The van der Waals surface area contributed by atoms with Gasteiger partial charge >= 0.3 is 0 Å². The highest BCUT2D eigenvalue weighted by Gasteiger charge is 2.15. The normalized spacial score (nSPS) is 11.3. The number of nitrogens with zero attached hydrogens (tertiary/aromatic N) is 1. The van der Waals surface area contributed by atoms with Crippen LogP contribution >= 0.6 is 23.4 Å². The molecule has 2 heterocycles. The molecule has 2 aromatic heterocycles. The number of aromatic nitrogens is 3. The summed E-state index contributed by atoms with van der Waals surface area (Å²) in [6.45, 7) is 0.166. The molecule has 0 amide bonds. The van der Waals surface area contributed by atoms with E-state index < -0.39 is 16.5 Å². The molecular weight excluding hydrogens is 386 g/mol.